The maximum absolute atomic E-state index is 6.14. The van der Waals surface area contributed by atoms with Crippen LogP contribution in [-0.4, -0.2) is 78.2 Å². The van der Waals surface area contributed by atoms with Crippen molar-refractivity contribution in [1.29, 1.82) is 0 Å². The van der Waals surface area contributed by atoms with E-state index in [1.807, 2.05) is 4.57 Å². The first kappa shape index (κ1) is 24.9. The van der Waals surface area contributed by atoms with Crippen molar-refractivity contribution < 1.29 is 18.9 Å². The number of fused-ring (bicyclic) bond motifs is 1. The van der Waals surface area contributed by atoms with Crippen LogP contribution in [0.5, 0.6) is 12.0 Å². The van der Waals surface area contributed by atoms with E-state index in [0.717, 1.165) is 44.0 Å². The standard InChI is InChI=1S/C27H32N6O4/c1-34-15-16-37-26-30-24(28)23-25(31-26)33(27(29-23)35-2)18-20-5-9-22(10-6-20)21-7-3-19(4-8-21)17-32-11-13-36-14-12-32/h3-10H,11-18H2,1-2H3,(H2,28,30,31). The van der Waals surface area contributed by atoms with Gasteiger partial charge in [0.05, 0.1) is 33.5 Å². The normalized spacial score (nSPS) is 14.2. The molecule has 3 heterocycles. The average molecular weight is 505 g/mol. The van der Waals surface area contributed by atoms with E-state index >= 15 is 0 Å². The van der Waals surface area contributed by atoms with E-state index in [9.17, 15) is 0 Å². The lowest BCUT2D eigenvalue weighted by Gasteiger charge is -2.26. The van der Waals surface area contributed by atoms with E-state index in [1.54, 1.807) is 14.2 Å². The van der Waals surface area contributed by atoms with Gasteiger partial charge in [0.25, 0.3) is 6.01 Å². The van der Waals surface area contributed by atoms with Crippen molar-refractivity contribution in [3.8, 4) is 23.1 Å². The maximum atomic E-state index is 6.14. The van der Waals surface area contributed by atoms with Crippen LogP contribution >= 0.6 is 0 Å². The first-order chi connectivity index (χ1) is 18.1. The molecule has 0 radical (unpaired) electrons. The van der Waals surface area contributed by atoms with Crippen molar-refractivity contribution in [1.82, 2.24) is 24.4 Å². The number of hydrogen-bond acceptors (Lipinski definition) is 9. The summed E-state index contributed by atoms with van der Waals surface area (Å²) in [5.41, 5.74) is 11.9. The number of hydrogen-bond donors (Lipinski definition) is 1. The molecule has 4 aromatic rings. The average Bonchev–Trinajstić information content (AvgIpc) is 3.28. The highest BCUT2D eigenvalue weighted by atomic mass is 16.5. The molecule has 0 bridgehead atoms. The second-order valence-electron chi connectivity index (χ2n) is 8.87. The van der Waals surface area contributed by atoms with Crippen LogP contribution in [0.15, 0.2) is 48.5 Å². The number of benzene rings is 2. The number of nitrogen functional groups attached to an aromatic ring is 1. The Morgan fingerprint density at radius 2 is 1.49 bits per heavy atom. The summed E-state index contributed by atoms with van der Waals surface area (Å²) in [6.07, 6.45) is 0. The Morgan fingerprint density at radius 1 is 0.838 bits per heavy atom. The molecule has 0 spiro atoms. The zero-order valence-electron chi connectivity index (χ0n) is 21.2. The Balaban J connectivity index is 1.32. The molecule has 10 nitrogen and oxygen atoms in total. The fraction of sp³-hybridized carbons (Fsp3) is 0.370. The number of ether oxygens (including phenoxy) is 4. The topological polar surface area (TPSA) is 110 Å². The number of rotatable bonds is 10. The summed E-state index contributed by atoms with van der Waals surface area (Å²) in [6.45, 7) is 5.81. The molecule has 2 aromatic carbocycles. The van der Waals surface area contributed by atoms with Gasteiger partial charge in [-0.25, -0.2) is 0 Å². The van der Waals surface area contributed by atoms with Crippen molar-refractivity contribution in [3.63, 3.8) is 0 Å². The number of anilines is 1. The predicted octanol–water partition coefficient (Wildman–Crippen LogP) is 2.99. The van der Waals surface area contributed by atoms with Gasteiger partial charge in [0.15, 0.2) is 17.0 Å². The van der Waals surface area contributed by atoms with Crippen LogP contribution in [0, 0.1) is 0 Å². The van der Waals surface area contributed by atoms with Crippen molar-refractivity contribution in [2.75, 3.05) is 59.5 Å². The highest BCUT2D eigenvalue weighted by molar-refractivity contribution is 5.83. The fourth-order valence-corrected chi connectivity index (χ4v) is 4.37. The Kier molecular flexibility index (Phi) is 7.79. The molecule has 1 aliphatic rings. The monoisotopic (exact) mass is 504 g/mol. The highest BCUT2D eigenvalue weighted by Gasteiger charge is 2.18. The third kappa shape index (κ3) is 5.82. The summed E-state index contributed by atoms with van der Waals surface area (Å²) in [4.78, 5) is 15.6. The van der Waals surface area contributed by atoms with E-state index in [1.165, 1.54) is 11.1 Å². The summed E-state index contributed by atoms with van der Waals surface area (Å²) in [6, 6.07) is 17.8. The summed E-state index contributed by atoms with van der Waals surface area (Å²) < 4.78 is 23.4. The van der Waals surface area contributed by atoms with E-state index < -0.39 is 0 Å². The van der Waals surface area contributed by atoms with E-state index in [-0.39, 0.29) is 11.8 Å². The lowest BCUT2D eigenvalue weighted by molar-refractivity contribution is 0.0342. The molecule has 5 rings (SSSR count). The van der Waals surface area contributed by atoms with Crippen LogP contribution in [0.1, 0.15) is 11.1 Å². The molecule has 0 aliphatic carbocycles. The molecule has 1 fully saturated rings. The second kappa shape index (κ2) is 11.5. The summed E-state index contributed by atoms with van der Waals surface area (Å²) in [5.74, 6) is 0.238. The van der Waals surface area contributed by atoms with Crippen LogP contribution in [0.25, 0.3) is 22.3 Å². The van der Waals surface area contributed by atoms with Crippen LogP contribution in [-0.2, 0) is 22.6 Å². The van der Waals surface area contributed by atoms with E-state index in [2.05, 4.69) is 68.4 Å². The van der Waals surface area contributed by atoms with Crippen molar-refractivity contribution in [2.24, 2.45) is 0 Å². The van der Waals surface area contributed by atoms with Gasteiger partial charge in [-0.1, -0.05) is 48.5 Å². The van der Waals surface area contributed by atoms with Gasteiger partial charge in [-0.05, 0) is 22.3 Å². The van der Waals surface area contributed by atoms with Crippen molar-refractivity contribution >= 4 is 17.0 Å². The minimum Gasteiger partial charge on any atom is -0.468 e. The summed E-state index contributed by atoms with van der Waals surface area (Å²) in [5, 5.41) is 0. The largest absolute Gasteiger partial charge is 0.468 e. The minimum absolute atomic E-state index is 0.179. The molecular weight excluding hydrogens is 472 g/mol. The Labute approximate surface area is 216 Å². The third-order valence-corrected chi connectivity index (χ3v) is 6.36. The van der Waals surface area contributed by atoms with E-state index in [0.29, 0.717) is 36.9 Å². The van der Waals surface area contributed by atoms with Crippen molar-refractivity contribution in [3.05, 3.63) is 59.7 Å². The Morgan fingerprint density at radius 3 is 2.11 bits per heavy atom. The van der Waals surface area contributed by atoms with Gasteiger partial charge < -0.3 is 24.7 Å². The highest BCUT2D eigenvalue weighted by Crippen LogP contribution is 2.27. The van der Waals surface area contributed by atoms with Gasteiger partial charge >= 0.3 is 6.01 Å². The molecule has 10 heteroatoms. The van der Waals surface area contributed by atoms with Gasteiger partial charge in [0.1, 0.15) is 6.61 Å². The minimum atomic E-state index is 0.179. The lowest BCUT2D eigenvalue weighted by atomic mass is 10.0. The maximum Gasteiger partial charge on any atom is 0.320 e. The molecule has 37 heavy (non-hydrogen) atoms. The SMILES string of the molecule is COCCOc1nc(N)c2nc(OC)n(Cc3ccc(-c4ccc(CN5CCOCC5)cc4)cc3)c2n1. The van der Waals surface area contributed by atoms with Gasteiger partial charge in [-0.2, -0.15) is 15.0 Å². The predicted molar refractivity (Wildman–Crippen MR) is 141 cm³/mol. The van der Waals surface area contributed by atoms with Gasteiger partial charge in [-0.3, -0.25) is 9.47 Å². The quantitative estimate of drug-likeness (QED) is 0.326. The van der Waals surface area contributed by atoms with Gasteiger partial charge in [0, 0.05) is 26.7 Å². The van der Waals surface area contributed by atoms with Crippen LogP contribution in [0.4, 0.5) is 5.82 Å². The van der Waals surface area contributed by atoms with Gasteiger partial charge in [-0.15, -0.1) is 0 Å². The molecular formula is C27H32N6O4. The molecule has 2 N–H and O–H groups in total. The summed E-state index contributed by atoms with van der Waals surface area (Å²) in [7, 11) is 3.18. The first-order valence-corrected chi connectivity index (χ1v) is 12.3. The van der Waals surface area contributed by atoms with Crippen LogP contribution < -0.4 is 15.2 Å². The van der Waals surface area contributed by atoms with Crippen LogP contribution in [0.2, 0.25) is 0 Å². The second-order valence-corrected chi connectivity index (χ2v) is 8.87. The zero-order chi connectivity index (χ0) is 25.6. The van der Waals surface area contributed by atoms with Crippen LogP contribution in [0.3, 0.4) is 0 Å². The number of morpholine rings is 1. The number of methoxy groups -OCH3 is 2. The smallest absolute Gasteiger partial charge is 0.320 e. The molecule has 0 saturated carbocycles. The Bertz CT molecular complexity index is 1320. The molecule has 1 aliphatic heterocycles. The molecule has 0 amide bonds. The number of nitrogens with two attached hydrogens (primary N) is 1. The van der Waals surface area contributed by atoms with E-state index in [4.69, 9.17) is 24.7 Å². The first-order valence-electron chi connectivity index (χ1n) is 12.3. The molecule has 1 saturated heterocycles. The third-order valence-electron chi connectivity index (χ3n) is 6.36. The molecule has 0 unspecified atom stereocenters. The molecule has 2 aromatic heterocycles. The molecule has 0 atom stereocenters. The fourth-order valence-electron chi connectivity index (χ4n) is 4.37. The van der Waals surface area contributed by atoms with Crippen molar-refractivity contribution in [2.45, 2.75) is 13.1 Å². The lowest BCUT2D eigenvalue weighted by Crippen LogP contribution is -2.35. The zero-order valence-corrected chi connectivity index (χ0v) is 21.2. The number of nitrogens with zero attached hydrogens (tertiary/aromatic N) is 5. The summed E-state index contributed by atoms with van der Waals surface area (Å²) >= 11 is 0. The van der Waals surface area contributed by atoms with Gasteiger partial charge in [0.2, 0.25) is 0 Å². The number of imidazole rings is 1. The Hall–Kier alpha value is -3.73. The molecule has 194 valence electrons. The number of aromatic nitrogens is 4.